The molecule has 1 N–H and O–H groups in total. The van der Waals surface area contributed by atoms with E-state index in [-0.39, 0.29) is 12.1 Å². The van der Waals surface area contributed by atoms with Crippen molar-refractivity contribution < 1.29 is 26.0 Å². The van der Waals surface area contributed by atoms with Gasteiger partial charge in [0, 0.05) is 18.3 Å². The van der Waals surface area contributed by atoms with Crippen LogP contribution in [0.15, 0.2) is 23.4 Å². The van der Waals surface area contributed by atoms with Crippen LogP contribution < -0.4 is 4.72 Å². The quantitative estimate of drug-likeness (QED) is 0.689. The molecule has 0 saturated carbocycles. The summed E-state index contributed by atoms with van der Waals surface area (Å²) in [6.07, 6.45) is 2.08. The second kappa shape index (κ2) is 5.59. The average Bonchev–Trinajstić information content (AvgIpc) is 2.92. The van der Waals surface area contributed by atoms with Gasteiger partial charge >= 0.3 is 0 Å². The van der Waals surface area contributed by atoms with Crippen LogP contribution in [0.1, 0.15) is 19.9 Å². The maximum Gasteiger partial charge on any atom is 0.265 e. The SMILES string of the molecule is CC(C)n1cc(S(=O)(=O)Nc2c(F)c(F)cc(F)c2F)cn1. The van der Waals surface area contributed by atoms with Crippen LogP contribution in [0, 0.1) is 23.3 Å². The summed E-state index contributed by atoms with van der Waals surface area (Å²) in [6.45, 7) is 3.47. The van der Waals surface area contributed by atoms with Crippen LogP contribution in [0.3, 0.4) is 0 Å². The molecular weight excluding hydrogens is 326 g/mol. The van der Waals surface area contributed by atoms with Gasteiger partial charge in [-0.1, -0.05) is 0 Å². The van der Waals surface area contributed by atoms with Gasteiger partial charge in [0.05, 0.1) is 6.20 Å². The number of anilines is 1. The van der Waals surface area contributed by atoms with E-state index in [2.05, 4.69) is 5.10 Å². The van der Waals surface area contributed by atoms with Gasteiger partial charge in [0.15, 0.2) is 23.3 Å². The molecule has 1 aromatic heterocycles. The Hall–Kier alpha value is -2.10. The van der Waals surface area contributed by atoms with Gasteiger partial charge in [-0.3, -0.25) is 9.40 Å². The Morgan fingerprint density at radius 3 is 2.14 bits per heavy atom. The zero-order valence-electron chi connectivity index (χ0n) is 11.4. The summed E-state index contributed by atoms with van der Waals surface area (Å²) in [5.41, 5.74) is -1.42. The van der Waals surface area contributed by atoms with E-state index >= 15 is 0 Å². The van der Waals surface area contributed by atoms with Gasteiger partial charge in [0.1, 0.15) is 10.6 Å². The van der Waals surface area contributed by atoms with Crippen molar-refractivity contribution in [3.63, 3.8) is 0 Å². The number of hydrogen-bond donors (Lipinski definition) is 1. The van der Waals surface area contributed by atoms with Crippen molar-refractivity contribution in [1.82, 2.24) is 9.78 Å². The molecule has 0 atom stereocenters. The summed E-state index contributed by atoms with van der Waals surface area (Å²) in [6, 6.07) is -0.164. The minimum absolute atomic E-state index is 0.0146. The first-order chi connectivity index (χ1) is 10.1. The number of nitrogens with one attached hydrogen (secondary N) is 1. The highest BCUT2D eigenvalue weighted by molar-refractivity contribution is 7.92. The fraction of sp³-hybridized carbons (Fsp3) is 0.250. The summed E-state index contributed by atoms with van der Waals surface area (Å²) in [7, 11) is -4.45. The predicted molar refractivity (Wildman–Crippen MR) is 69.7 cm³/mol. The lowest BCUT2D eigenvalue weighted by Crippen LogP contribution is -2.16. The second-order valence-electron chi connectivity index (χ2n) is 4.70. The first-order valence-electron chi connectivity index (χ1n) is 6.03. The number of halogens is 4. The van der Waals surface area contributed by atoms with Crippen molar-refractivity contribution in [1.29, 1.82) is 0 Å². The van der Waals surface area contributed by atoms with Crippen molar-refractivity contribution in [2.45, 2.75) is 24.8 Å². The predicted octanol–water partition coefficient (Wildman–Crippen LogP) is 2.82. The normalized spacial score (nSPS) is 12.0. The molecule has 2 rings (SSSR count). The minimum atomic E-state index is -4.45. The highest BCUT2D eigenvalue weighted by atomic mass is 32.2. The van der Waals surface area contributed by atoms with Gasteiger partial charge in [0.2, 0.25) is 0 Å². The van der Waals surface area contributed by atoms with E-state index in [1.165, 1.54) is 9.40 Å². The molecule has 1 aromatic carbocycles. The van der Waals surface area contributed by atoms with E-state index in [0.29, 0.717) is 0 Å². The number of sulfonamides is 1. The molecule has 0 amide bonds. The fourth-order valence-electron chi connectivity index (χ4n) is 1.60. The van der Waals surface area contributed by atoms with Gasteiger partial charge in [-0.15, -0.1) is 0 Å². The molecule has 0 radical (unpaired) electrons. The van der Waals surface area contributed by atoms with Gasteiger partial charge in [-0.25, -0.2) is 26.0 Å². The molecule has 0 saturated heterocycles. The maximum absolute atomic E-state index is 13.5. The number of hydrogen-bond acceptors (Lipinski definition) is 3. The Balaban J connectivity index is 2.45. The van der Waals surface area contributed by atoms with E-state index in [1.54, 1.807) is 13.8 Å². The summed E-state index contributed by atoms with van der Waals surface area (Å²) in [5, 5.41) is 3.77. The molecule has 120 valence electrons. The molecule has 0 spiro atoms. The Kier molecular flexibility index (Phi) is 4.14. The van der Waals surface area contributed by atoms with E-state index in [9.17, 15) is 26.0 Å². The lowest BCUT2D eigenvalue weighted by molar-refractivity contribution is 0.459. The van der Waals surface area contributed by atoms with Crippen molar-refractivity contribution >= 4 is 15.7 Å². The number of aromatic nitrogens is 2. The van der Waals surface area contributed by atoms with Crippen molar-refractivity contribution in [2.75, 3.05) is 4.72 Å². The van der Waals surface area contributed by atoms with Gasteiger partial charge < -0.3 is 0 Å². The fourth-order valence-corrected chi connectivity index (χ4v) is 2.60. The molecule has 0 unspecified atom stereocenters. The standard InChI is InChI=1S/C12H11F4N3O2S/c1-6(2)19-5-7(4-17-19)22(20,21)18-12-10(15)8(13)3-9(14)11(12)16/h3-6,18H,1-2H3. The van der Waals surface area contributed by atoms with E-state index in [1.807, 2.05) is 0 Å². The molecule has 22 heavy (non-hydrogen) atoms. The molecular formula is C12H11F4N3O2S. The zero-order valence-corrected chi connectivity index (χ0v) is 12.3. The third-order valence-electron chi connectivity index (χ3n) is 2.77. The van der Waals surface area contributed by atoms with Crippen molar-refractivity contribution in [3.05, 3.63) is 41.7 Å². The summed E-state index contributed by atoms with van der Waals surface area (Å²) in [4.78, 5) is -0.398. The third kappa shape index (κ3) is 2.91. The summed E-state index contributed by atoms with van der Waals surface area (Å²) >= 11 is 0. The molecule has 0 aliphatic heterocycles. The van der Waals surface area contributed by atoms with Gasteiger partial charge in [0.25, 0.3) is 10.0 Å². The minimum Gasteiger partial charge on any atom is -0.274 e. The van der Waals surface area contributed by atoms with Crippen LogP contribution in [-0.2, 0) is 10.0 Å². The molecule has 0 bridgehead atoms. The summed E-state index contributed by atoms with van der Waals surface area (Å²) < 4.78 is 80.0. The number of rotatable bonds is 4. The van der Waals surface area contributed by atoms with Crippen LogP contribution >= 0.6 is 0 Å². The Labute approximate surface area is 123 Å². The largest absolute Gasteiger partial charge is 0.274 e. The van der Waals surface area contributed by atoms with Crippen molar-refractivity contribution in [3.8, 4) is 0 Å². The van der Waals surface area contributed by atoms with Gasteiger partial charge in [-0.05, 0) is 13.8 Å². The molecule has 0 aliphatic carbocycles. The second-order valence-corrected chi connectivity index (χ2v) is 6.38. The number of nitrogens with zero attached hydrogens (tertiary/aromatic N) is 2. The van der Waals surface area contributed by atoms with Gasteiger partial charge in [-0.2, -0.15) is 5.10 Å². The van der Waals surface area contributed by atoms with E-state index in [4.69, 9.17) is 0 Å². The smallest absolute Gasteiger partial charge is 0.265 e. The monoisotopic (exact) mass is 337 g/mol. The Morgan fingerprint density at radius 1 is 1.14 bits per heavy atom. The lowest BCUT2D eigenvalue weighted by Gasteiger charge is -2.09. The maximum atomic E-state index is 13.5. The Morgan fingerprint density at radius 2 is 1.68 bits per heavy atom. The first-order valence-corrected chi connectivity index (χ1v) is 7.51. The molecule has 2 aromatic rings. The van der Waals surface area contributed by atoms with Crippen LogP contribution in [0.2, 0.25) is 0 Å². The van der Waals surface area contributed by atoms with Crippen LogP contribution in [0.5, 0.6) is 0 Å². The topological polar surface area (TPSA) is 64.0 Å². The Bertz CT molecular complexity index is 792. The molecule has 10 heteroatoms. The highest BCUT2D eigenvalue weighted by Crippen LogP contribution is 2.26. The number of benzene rings is 1. The van der Waals surface area contributed by atoms with Crippen LogP contribution in [0.25, 0.3) is 0 Å². The molecule has 0 aliphatic rings. The molecule has 5 nitrogen and oxygen atoms in total. The average molecular weight is 337 g/mol. The lowest BCUT2D eigenvalue weighted by atomic mass is 10.3. The zero-order chi connectivity index (χ0) is 16.7. The van der Waals surface area contributed by atoms with Crippen molar-refractivity contribution in [2.24, 2.45) is 0 Å². The third-order valence-corrected chi connectivity index (χ3v) is 4.07. The van der Waals surface area contributed by atoms with Crippen LogP contribution in [0.4, 0.5) is 23.2 Å². The molecule has 1 heterocycles. The van der Waals surface area contributed by atoms with E-state index < -0.39 is 43.9 Å². The first kappa shape index (κ1) is 16.3. The summed E-state index contributed by atoms with van der Waals surface area (Å²) in [5.74, 6) is -7.10. The highest BCUT2D eigenvalue weighted by Gasteiger charge is 2.25. The molecule has 0 fully saturated rings. The van der Waals surface area contributed by atoms with E-state index in [0.717, 1.165) is 12.4 Å². The van der Waals surface area contributed by atoms with Crippen LogP contribution in [-0.4, -0.2) is 18.2 Å².